The summed E-state index contributed by atoms with van der Waals surface area (Å²) in [7, 11) is 0. The van der Waals surface area contributed by atoms with Gasteiger partial charge in [0.1, 0.15) is 0 Å². The SMILES string of the molecule is CC.CCC(C)COc1ccc(C2(c3cc(C)ccc3C)C(C)=C(/C=C\C(C)Br)c3ccc(Br)cc32)cc1OCC(C)CC. The zero-order chi connectivity index (χ0) is 32.6. The Morgan fingerprint density at radius 3 is 2.02 bits per heavy atom. The molecule has 0 fully saturated rings. The summed E-state index contributed by atoms with van der Waals surface area (Å²) in [5.74, 6) is 2.57. The molecule has 1 aliphatic rings. The molecule has 0 aliphatic heterocycles. The molecule has 0 spiro atoms. The Kier molecular flexibility index (Phi) is 13.4. The summed E-state index contributed by atoms with van der Waals surface area (Å²) in [6, 6.07) is 20.2. The van der Waals surface area contributed by atoms with Gasteiger partial charge in [0.05, 0.1) is 18.6 Å². The van der Waals surface area contributed by atoms with Crippen LogP contribution in [0.4, 0.5) is 0 Å². The number of aryl methyl sites for hydroxylation is 2. The van der Waals surface area contributed by atoms with E-state index in [-0.39, 0.29) is 4.83 Å². The number of hydrogen-bond acceptors (Lipinski definition) is 2. The monoisotopic (exact) mass is 722 g/mol. The van der Waals surface area contributed by atoms with Crippen molar-refractivity contribution in [1.82, 2.24) is 0 Å². The number of ether oxygens (including phenoxy) is 2. The van der Waals surface area contributed by atoms with Crippen LogP contribution < -0.4 is 9.47 Å². The van der Waals surface area contributed by atoms with Gasteiger partial charge < -0.3 is 9.47 Å². The van der Waals surface area contributed by atoms with Gasteiger partial charge in [0.15, 0.2) is 11.5 Å². The van der Waals surface area contributed by atoms with Crippen LogP contribution in [0, 0.1) is 25.7 Å². The number of benzene rings is 3. The summed E-state index contributed by atoms with van der Waals surface area (Å²) < 4.78 is 14.0. The fraction of sp³-hybridized carbons (Fsp3) is 0.450. The summed E-state index contributed by atoms with van der Waals surface area (Å²) >= 11 is 7.55. The minimum Gasteiger partial charge on any atom is -0.489 e. The van der Waals surface area contributed by atoms with Gasteiger partial charge in [-0.2, -0.15) is 0 Å². The Morgan fingerprint density at radius 2 is 1.41 bits per heavy atom. The molecule has 0 saturated carbocycles. The number of rotatable bonds is 12. The van der Waals surface area contributed by atoms with Crippen LogP contribution in [0.3, 0.4) is 0 Å². The first-order chi connectivity index (χ1) is 21.0. The average molecular weight is 725 g/mol. The number of allylic oxidation sites excluding steroid dienone is 4. The van der Waals surface area contributed by atoms with Crippen LogP contribution in [0.5, 0.6) is 11.5 Å². The summed E-state index contributed by atoms with van der Waals surface area (Å²) in [4.78, 5) is 0.273. The summed E-state index contributed by atoms with van der Waals surface area (Å²) in [6.07, 6.45) is 6.67. The molecule has 0 heterocycles. The first kappa shape index (κ1) is 36.2. The number of fused-ring (bicyclic) bond motifs is 1. The summed E-state index contributed by atoms with van der Waals surface area (Å²) in [5, 5.41) is 0. The molecule has 0 saturated heterocycles. The van der Waals surface area contributed by atoms with Crippen molar-refractivity contribution in [3.8, 4) is 11.5 Å². The van der Waals surface area contributed by atoms with Gasteiger partial charge in [-0.1, -0.05) is 134 Å². The molecule has 0 radical (unpaired) electrons. The number of alkyl halides is 1. The topological polar surface area (TPSA) is 18.5 Å². The molecule has 238 valence electrons. The fourth-order valence-electron chi connectivity index (χ4n) is 5.80. The lowest BCUT2D eigenvalue weighted by Crippen LogP contribution is -2.30. The van der Waals surface area contributed by atoms with Gasteiger partial charge in [0.2, 0.25) is 0 Å². The Hall–Kier alpha value is -2.30. The van der Waals surface area contributed by atoms with Crippen molar-refractivity contribution in [3.63, 3.8) is 0 Å². The molecule has 2 nitrogen and oxygen atoms in total. The second-order valence-electron chi connectivity index (χ2n) is 12.1. The summed E-state index contributed by atoms with van der Waals surface area (Å²) in [6.45, 7) is 23.1. The highest BCUT2D eigenvalue weighted by molar-refractivity contribution is 9.10. The highest BCUT2D eigenvalue weighted by Crippen LogP contribution is 2.57. The molecule has 44 heavy (non-hydrogen) atoms. The quantitative estimate of drug-likeness (QED) is 0.173. The maximum Gasteiger partial charge on any atom is 0.161 e. The predicted molar refractivity (Wildman–Crippen MR) is 198 cm³/mol. The highest BCUT2D eigenvalue weighted by Gasteiger charge is 2.46. The van der Waals surface area contributed by atoms with Crippen molar-refractivity contribution in [2.24, 2.45) is 11.8 Å². The van der Waals surface area contributed by atoms with Gasteiger partial charge in [-0.15, -0.1) is 0 Å². The maximum absolute atomic E-state index is 6.57. The zero-order valence-corrected chi connectivity index (χ0v) is 31.7. The Labute approximate surface area is 284 Å². The highest BCUT2D eigenvalue weighted by atomic mass is 79.9. The van der Waals surface area contributed by atoms with Crippen LogP contribution >= 0.6 is 31.9 Å². The molecular weight excluding hydrogens is 672 g/mol. The van der Waals surface area contributed by atoms with Crippen molar-refractivity contribution in [2.75, 3.05) is 13.2 Å². The predicted octanol–water partition coefficient (Wildman–Crippen LogP) is 12.4. The Bertz CT molecular complexity index is 1470. The van der Waals surface area contributed by atoms with Crippen molar-refractivity contribution in [1.29, 1.82) is 0 Å². The third-order valence-corrected chi connectivity index (χ3v) is 9.58. The largest absolute Gasteiger partial charge is 0.489 e. The second kappa shape index (κ2) is 16.3. The van der Waals surface area contributed by atoms with Crippen LogP contribution in [0.2, 0.25) is 0 Å². The molecular formula is C40H52Br2O2. The van der Waals surface area contributed by atoms with Gasteiger partial charge in [-0.05, 0) is 103 Å². The molecule has 4 unspecified atom stereocenters. The van der Waals surface area contributed by atoms with E-state index in [4.69, 9.17) is 9.47 Å². The van der Waals surface area contributed by atoms with E-state index in [1.54, 1.807) is 0 Å². The molecule has 4 heteroatoms. The van der Waals surface area contributed by atoms with E-state index in [1.165, 1.54) is 44.5 Å². The third kappa shape index (κ3) is 7.73. The standard InChI is InChI=1S/C38H46Br2O2.C2H6/c1-9-24(3)22-41-36-18-14-30(20-37(36)42-23-25(4)10-2)38(34-19-26(5)11-12-27(34)6)29(8)32(16-13-28(7)39)33-17-15-31(40)21-35(33)38;1-2/h11-21,24-25,28H,9-10,22-23H2,1-8H3;1-2H3/b16-13-;. The van der Waals surface area contributed by atoms with Gasteiger partial charge >= 0.3 is 0 Å². The van der Waals surface area contributed by atoms with E-state index in [0.717, 1.165) is 28.8 Å². The number of hydrogen-bond donors (Lipinski definition) is 0. The van der Waals surface area contributed by atoms with Gasteiger partial charge in [0.25, 0.3) is 0 Å². The summed E-state index contributed by atoms with van der Waals surface area (Å²) in [5.41, 5.74) is 9.65. The zero-order valence-electron chi connectivity index (χ0n) is 28.5. The molecule has 0 amide bonds. The number of halogens is 2. The lowest BCUT2D eigenvalue weighted by atomic mass is 9.66. The van der Waals surface area contributed by atoms with E-state index < -0.39 is 5.41 Å². The first-order valence-electron chi connectivity index (χ1n) is 16.3. The van der Waals surface area contributed by atoms with Crippen LogP contribution in [-0.2, 0) is 5.41 Å². The third-order valence-electron chi connectivity index (χ3n) is 8.78. The van der Waals surface area contributed by atoms with Crippen molar-refractivity contribution >= 4 is 37.4 Å². The minimum atomic E-state index is -0.492. The van der Waals surface area contributed by atoms with Crippen molar-refractivity contribution < 1.29 is 9.47 Å². The van der Waals surface area contributed by atoms with Gasteiger partial charge in [-0.25, -0.2) is 0 Å². The van der Waals surface area contributed by atoms with E-state index in [0.29, 0.717) is 25.0 Å². The molecule has 4 atom stereocenters. The van der Waals surface area contributed by atoms with E-state index in [1.807, 2.05) is 13.8 Å². The van der Waals surface area contributed by atoms with Gasteiger partial charge in [-0.3, -0.25) is 0 Å². The van der Waals surface area contributed by atoms with Gasteiger partial charge in [0, 0.05) is 9.30 Å². The minimum absolute atomic E-state index is 0.273. The van der Waals surface area contributed by atoms with Crippen molar-refractivity contribution in [2.45, 2.75) is 92.3 Å². The molecule has 4 rings (SSSR count). The van der Waals surface area contributed by atoms with Crippen LogP contribution in [0.1, 0.15) is 102 Å². The molecule has 3 aromatic rings. The fourth-order valence-corrected chi connectivity index (χ4v) is 6.31. The van der Waals surface area contributed by atoms with Crippen LogP contribution in [0.15, 0.2) is 76.8 Å². The maximum atomic E-state index is 6.57. The smallest absolute Gasteiger partial charge is 0.161 e. The van der Waals surface area contributed by atoms with E-state index >= 15 is 0 Å². The molecule has 3 aromatic carbocycles. The molecule has 1 aliphatic carbocycles. The van der Waals surface area contributed by atoms with Crippen molar-refractivity contribution in [3.05, 3.63) is 110 Å². The van der Waals surface area contributed by atoms with E-state index in [2.05, 4.69) is 154 Å². The average Bonchev–Trinajstić information content (AvgIpc) is 3.26. The Balaban J connectivity index is 0.00000259. The lowest BCUT2D eigenvalue weighted by Gasteiger charge is -2.36. The second-order valence-corrected chi connectivity index (χ2v) is 14.5. The molecule has 0 aromatic heterocycles. The lowest BCUT2D eigenvalue weighted by molar-refractivity contribution is 0.217. The normalized spacial score (nSPS) is 18.0. The van der Waals surface area contributed by atoms with Crippen LogP contribution in [0.25, 0.3) is 5.57 Å². The van der Waals surface area contributed by atoms with E-state index in [9.17, 15) is 0 Å². The molecule has 0 N–H and O–H groups in total. The Morgan fingerprint density at radius 1 is 0.773 bits per heavy atom. The van der Waals surface area contributed by atoms with Crippen LogP contribution in [-0.4, -0.2) is 18.0 Å². The molecule has 0 bridgehead atoms. The first-order valence-corrected chi connectivity index (χ1v) is 18.1.